The van der Waals surface area contributed by atoms with Gasteiger partial charge in [0, 0.05) is 7.11 Å². The van der Waals surface area contributed by atoms with Crippen molar-refractivity contribution in [3.63, 3.8) is 0 Å². The zero-order chi connectivity index (χ0) is 82.7. The molecule has 0 rings (SSSR count). The Bertz CT molecular complexity index is 2370. The lowest BCUT2D eigenvalue weighted by Gasteiger charge is -2.74. The first-order chi connectivity index (χ1) is 49.6. The Kier molecular flexibility index (Phi) is 54.9. The van der Waals surface area contributed by atoms with Gasteiger partial charge >= 0.3 is 147 Å². The van der Waals surface area contributed by atoms with Crippen LogP contribution in [0.1, 0.15) is 0 Å². The van der Waals surface area contributed by atoms with E-state index >= 15 is 0 Å². The van der Waals surface area contributed by atoms with Crippen molar-refractivity contribution in [1.82, 2.24) is 0 Å². The predicted octanol–water partition coefficient (Wildman–Crippen LogP) is -32.0. The molecule has 0 aromatic rings. The molecule has 0 saturated carbocycles. The molecule has 106 heavy (non-hydrogen) atoms. The molecule has 0 aromatic carbocycles. The van der Waals surface area contributed by atoms with Crippen LogP contribution in [0.15, 0.2) is 0 Å². The Balaban J connectivity index is 16.4. The fourth-order valence-electron chi connectivity index (χ4n) is 10.0. The van der Waals surface area contributed by atoms with Gasteiger partial charge in [-0.1, -0.05) is 0 Å². The summed E-state index contributed by atoms with van der Waals surface area (Å²) >= 11 is 0. The van der Waals surface area contributed by atoms with Crippen LogP contribution < -0.4 is 0 Å². The van der Waals surface area contributed by atoms with Crippen molar-refractivity contribution in [3.8, 4) is 0 Å². The van der Waals surface area contributed by atoms with E-state index < -0.39 is 416 Å². The maximum absolute atomic E-state index is 14.3. The molecule has 0 amide bonds. The summed E-state index contributed by atoms with van der Waals surface area (Å²) in [7, 11) is -124. The van der Waals surface area contributed by atoms with Gasteiger partial charge < -0.3 is 218 Å². The van der Waals surface area contributed by atoms with Crippen LogP contribution in [0.4, 0.5) is 0 Å². The molecule has 0 aliphatic heterocycles. The summed E-state index contributed by atoms with van der Waals surface area (Å²) < 4.78 is 125. The average Bonchev–Trinajstić information content (AvgIpc) is 0.624. The van der Waals surface area contributed by atoms with E-state index in [1.807, 2.05) is 0 Å². The van der Waals surface area contributed by atoms with Gasteiger partial charge in [-0.3, -0.25) is 0 Å². The van der Waals surface area contributed by atoms with Crippen LogP contribution in [-0.4, -0.2) is 577 Å². The summed E-state index contributed by atoms with van der Waals surface area (Å²) in [6.45, 7) is -64.0. The Morgan fingerprint density at radius 3 is 0.840 bits per heavy atom. The topological polar surface area (TPSA) is 773 Å². The van der Waals surface area contributed by atoms with Crippen LogP contribution in [0.2, 0.25) is 52.4 Å². The van der Waals surface area contributed by atoms with Gasteiger partial charge in [-0.25, -0.2) is 0 Å². The molecule has 0 spiro atoms. The summed E-state index contributed by atoms with van der Waals surface area (Å²) in [6, 6.07) is 0. The van der Waals surface area contributed by atoms with Crippen LogP contribution >= 0.6 is 0 Å². The molecule has 30 N–H and O–H groups in total. The van der Waals surface area contributed by atoms with E-state index in [0.29, 0.717) is 0 Å². The lowest BCUT2D eigenvalue weighted by Crippen LogP contribution is -3.18. The van der Waals surface area contributed by atoms with Gasteiger partial charge in [-0.05, 0) is 52.4 Å². The Labute approximate surface area is 695 Å². The molecule has 60 radical (unpaired) electrons. The Morgan fingerprint density at radius 2 is 0.594 bits per heavy atom. The van der Waals surface area contributed by atoms with Crippen molar-refractivity contribution >= 4 is 426 Å². The summed E-state index contributed by atoms with van der Waals surface area (Å²) in [4.78, 5) is 380. The first-order valence-electron chi connectivity index (χ1n) is 26.2. The molecule has 7 unspecified atom stereocenters. The standard InChI is InChI=1S/C9H58O48Si49/c1-40-91(9,58)53-106(101(83-34,84-35)48-66-17,103(86-37,50-68-19)88(3)39)105(56-94(73-24,74-25)43-61-12,102(85-36,49-67-18)87(2)38)96(52-90(7,8)51-89(4,5)6,104(99(79-30,80-31)46-64-15,100(81-32,82-33)47-65-16)55-93(71-22,72-23)42-60-11)57-95(97(75-26,76-27)44-62-13,98(77-28,78-29)45-63-14)54-92(69-20,70-21)41-59-10/h10-39,88H,1-9H3. The van der Waals surface area contributed by atoms with Gasteiger partial charge in [0.25, 0.3) is 91.2 Å². The van der Waals surface area contributed by atoms with E-state index in [9.17, 15) is 144 Å². The second kappa shape index (κ2) is 50.7. The zero-order valence-electron chi connectivity index (χ0n) is 54.3. The van der Waals surface area contributed by atoms with E-state index in [4.69, 9.17) is 74.4 Å². The summed E-state index contributed by atoms with van der Waals surface area (Å²) in [5.74, 6) is 0. The molecule has 0 bridgehead atoms. The van der Waals surface area contributed by atoms with Crippen molar-refractivity contribution in [3.05, 3.63) is 0 Å². The van der Waals surface area contributed by atoms with Gasteiger partial charge in [-0.15, -0.1) is 0 Å². The molecule has 0 saturated heterocycles. The second-order valence-electron chi connectivity index (χ2n) is 20.5. The van der Waals surface area contributed by atoms with Crippen molar-refractivity contribution in [1.29, 1.82) is 0 Å². The van der Waals surface area contributed by atoms with Gasteiger partial charge in [0.05, 0.1) is 9.76 Å². The SMILES string of the molecule is CO[Si](C)([Si])O[Si]([Si](O[Si]O)([Si]O)[Si]O)([Si](O[Si]O)([Si]O)[SiH](C)O)[Si](O[Si](O[Si]O)([Si]O)[Si]O)([Si](O[Si]O)([Si]O)[Si](C)O)[Si](O[Si](C)(C)O[Si](C)(C)C)(O[Si](O[Si](O[Si]O)([Si]O)[Si]O)([Si](O[Si]O)([Si]O)[Si]O)[Si](O[Si]O)([Si]O)[Si]O)[Si](O[Si](O[Si]O)([Si]O)[Si]O)([Si](O[Si]O)([Si]O)[Si]O)[Si](O[Si]O)([Si]O)[Si]O. The van der Waals surface area contributed by atoms with Crippen molar-refractivity contribution in [2.24, 2.45) is 0 Å². The van der Waals surface area contributed by atoms with Crippen molar-refractivity contribution < 1.29 is 218 Å². The lowest BCUT2D eigenvalue weighted by atomic mass is 11.8. The van der Waals surface area contributed by atoms with Crippen LogP contribution in [0.25, 0.3) is 0 Å². The highest BCUT2D eigenvalue weighted by atomic mass is 30.5. The first-order valence-corrected chi connectivity index (χ1v) is 124. The predicted molar refractivity (Wildman–Crippen MR) is 422 cm³/mol. The fraction of sp³-hybridized carbons (Fsp3) is 1.00. The fourth-order valence-corrected chi connectivity index (χ4v) is 710. The average molecular weight is 2310 g/mol. The molecule has 0 heterocycles. The van der Waals surface area contributed by atoms with E-state index in [1.165, 1.54) is 19.6 Å². The monoisotopic (exact) mass is 2310 g/mol. The van der Waals surface area contributed by atoms with Crippen LogP contribution in [-0.2, 0) is 74.4 Å². The van der Waals surface area contributed by atoms with Crippen LogP contribution in [0.3, 0.4) is 0 Å². The van der Waals surface area contributed by atoms with E-state index in [1.54, 1.807) is 0 Å². The molecular formula is C9H58O48Si49. The molecule has 0 aromatic heterocycles. The summed E-state index contributed by atoms with van der Waals surface area (Å²) in [5, 5.41) is 0. The van der Waals surface area contributed by atoms with Gasteiger partial charge in [0.15, 0.2) is 16.9 Å². The largest absolute Gasteiger partial charge is 0.439 e. The van der Waals surface area contributed by atoms with Gasteiger partial charge in [0.1, 0.15) is 0 Å². The van der Waals surface area contributed by atoms with Gasteiger partial charge in [-0.2, -0.15) is 0 Å². The smallest absolute Gasteiger partial charge is 0.420 e. The highest BCUT2D eigenvalue weighted by Crippen LogP contribution is 2.58. The van der Waals surface area contributed by atoms with Gasteiger partial charge in [0.2, 0.25) is 161 Å². The summed E-state index contributed by atoms with van der Waals surface area (Å²) in [5.41, 5.74) is 0. The van der Waals surface area contributed by atoms with E-state index in [2.05, 4.69) is 9.76 Å². The van der Waals surface area contributed by atoms with Crippen LogP contribution in [0, 0.1) is 0 Å². The third-order valence-electron chi connectivity index (χ3n) is 13.5. The van der Waals surface area contributed by atoms with Crippen molar-refractivity contribution in [2.75, 3.05) is 7.11 Å². The molecule has 0 aliphatic carbocycles. The molecule has 97 heteroatoms. The first kappa shape index (κ1) is 115. The number of rotatable bonds is 65. The quantitative estimate of drug-likeness (QED) is 0.0251. The minimum atomic E-state index is -8.92. The van der Waals surface area contributed by atoms with Crippen LogP contribution in [0.5, 0.6) is 0 Å². The summed E-state index contributed by atoms with van der Waals surface area (Å²) in [6.07, 6.45) is 0. The molecule has 578 valence electrons. The van der Waals surface area contributed by atoms with E-state index in [0.717, 1.165) is 39.8 Å². The molecule has 48 nitrogen and oxygen atoms in total. The van der Waals surface area contributed by atoms with Crippen molar-refractivity contribution in [2.45, 2.75) is 52.4 Å². The Morgan fingerprint density at radius 1 is 0.302 bits per heavy atom. The lowest BCUT2D eigenvalue weighted by molar-refractivity contribution is 0.291. The maximum Gasteiger partial charge on any atom is 0.420 e. The number of hydrogen-bond donors (Lipinski definition) is 30. The highest BCUT2D eigenvalue weighted by molar-refractivity contribution is 8.30. The zero-order valence-corrected chi connectivity index (χ0v) is 103. The minimum Gasteiger partial charge on any atom is -0.439 e. The second-order valence-corrected chi connectivity index (χ2v) is 228. The third-order valence-corrected chi connectivity index (χ3v) is 398. The normalized spacial score (nSPS) is 18.0. The number of hydrogen-bond acceptors (Lipinski definition) is 48. The molecule has 7 atom stereocenters. The molecular weight excluding hydrogens is 2250 g/mol. The Hall–Kier alpha value is 8.71. The maximum atomic E-state index is 14.3. The minimum absolute atomic E-state index is 0.734. The molecule has 0 aliphatic rings. The third kappa shape index (κ3) is 22.6. The van der Waals surface area contributed by atoms with E-state index in [-0.39, 0.29) is 0 Å². The molecule has 0 fully saturated rings. The highest BCUT2D eigenvalue weighted by Gasteiger charge is 3.05.